The zero-order chi connectivity index (χ0) is 13.1. The van der Waals surface area contributed by atoms with Crippen LogP contribution in [0.1, 0.15) is 19.4 Å². The topological polar surface area (TPSA) is 84.2 Å². The third-order valence-electron chi connectivity index (χ3n) is 2.13. The first-order valence-electron chi connectivity index (χ1n) is 5.43. The van der Waals surface area contributed by atoms with Crippen molar-refractivity contribution in [2.24, 2.45) is 5.92 Å². The summed E-state index contributed by atoms with van der Waals surface area (Å²) in [5, 5.41) is 0. The van der Waals surface area contributed by atoms with Crippen molar-refractivity contribution in [1.82, 2.24) is 4.72 Å². The van der Waals surface area contributed by atoms with Crippen molar-refractivity contribution in [3.8, 4) is 0 Å². The summed E-state index contributed by atoms with van der Waals surface area (Å²) in [7, 11) is -3.55. The van der Waals surface area contributed by atoms with Gasteiger partial charge in [-0.15, -0.1) is 0 Å². The molecule has 5 nitrogen and oxygen atoms in total. The maximum Gasteiger partial charge on any atom is 0.299 e. The van der Waals surface area contributed by atoms with Gasteiger partial charge in [0.25, 0.3) is 10.2 Å². The molecule has 0 amide bonds. The van der Waals surface area contributed by atoms with Crippen LogP contribution in [0.5, 0.6) is 0 Å². The van der Waals surface area contributed by atoms with Crippen molar-refractivity contribution in [3.05, 3.63) is 23.8 Å². The van der Waals surface area contributed by atoms with Gasteiger partial charge < -0.3 is 5.73 Å². The van der Waals surface area contributed by atoms with Gasteiger partial charge in [0.05, 0.1) is 11.4 Å². The highest BCUT2D eigenvalue weighted by Crippen LogP contribution is 2.20. The van der Waals surface area contributed by atoms with E-state index in [-0.39, 0.29) is 5.92 Å². The van der Waals surface area contributed by atoms with Crippen molar-refractivity contribution in [1.29, 1.82) is 0 Å². The van der Waals surface area contributed by atoms with Crippen LogP contribution in [0.3, 0.4) is 0 Å². The molecule has 0 fully saturated rings. The molecule has 1 aromatic carbocycles. The monoisotopic (exact) mass is 257 g/mol. The number of nitrogen functional groups attached to an aromatic ring is 1. The van der Waals surface area contributed by atoms with Crippen LogP contribution in [0, 0.1) is 12.8 Å². The van der Waals surface area contributed by atoms with E-state index in [1.807, 2.05) is 20.8 Å². The van der Waals surface area contributed by atoms with Gasteiger partial charge in [-0.2, -0.15) is 13.1 Å². The first kappa shape index (κ1) is 13.8. The second-order valence-corrected chi connectivity index (χ2v) is 5.94. The molecular weight excluding hydrogens is 238 g/mol. The maximum atomic E-state index is 11.7. The van der Waals surface area contributed by atoms with Crippen LogP contribution in [0.25, 0.3) is 0 Å². The van der Waals surface area contributed by atoms with E-state index in [1.54, 1.807) is 18.2 Å². The number of nitrogens with two attached hydrogens (primary N) is 1. The molecule has 96 valence electrons. The Morgan fingerprint density at radius 1 is 1.35 bits per heavy atom. The van der Waals surface area contributed by atoms with E-state index in [4.69, 9.17) is 5.73 Å². The van der Waals surface area contributed by atoms with Crippen molar-refractivity contribution in [3.63, 3.8) is 0 Å². The van der Waals surface area contributed by atoms with E-state index in [0.29, 0.717) is 17.9 Å². The molecule has 0 aliphatic heterocycles. The molecular formula is C11H19N3O2S. The van der Waals surface area contributed by atoms with Gasteiger partial charge in [-0.05, 0) is 30.5 Å². The third kappa shape index (κ3) is 4.62. The fourth-order valence-electron chi connectivity index (χ4n) is 1.23. The lowest BCUT2D eigenvalue weighted by molar-refractivity contribution is 0.565. The van der Waals surface area contributed by atoms with E-state index in [0.717, 1.165) is 5.56 Å². The molecule has 0 unspecified atom stereocenters. The van der Waals surface area contributed by atoms with Crippen LogP contribution >= 0.6 is 0 Å². The van der Waals surface area contributed by atoms with Crippen molar-refractivity contribution in [2.75, 3.05) is 17.0 Å². The molecule has 4 N–H and O–H groups in total. The normalized spacial score (nSPS) is 11.8. The third-order valence-corrected chi connectivity index (χ3v) is 3.17. The highest BCUT2D eigenvalue weighted by Gasteiger charge is 2.11. The Labute approximate surface area is 103 Å². The zero-order valence-corrected chi connectivity index (χ0v) is 11.1. The average Bonchev–Trinajstić information content (AvgIpc) is 2.20. The number of hydrogen-bond acceptors (Lipinski definition) is 3. The Balaban J connectivity index is 2.76. The van der Waals surface area contributed by atoms with Crippen molar-refractivity contribution in [2.45, 2.75) is 20.8 Å². The second kappa shape index (κ2) is 5.37. The van der Waals surface area contributed by atoms with Gasteiger partial charge in [0, 0.05) is 6.54 Å². The Morgan fingerprint density at radius 2 is 2.00 bits per heavy atom. The van der Waals surface area contributed by atoms with E-state index in [2.05, 4.69) is 9.44 Å². The minimum Gasteiger partial charge on any atom is -0.397 e. The predicted molar refractivity (Wildman–Crippen MR) is 71.0 cm³/mol. The lowest BCUT2D eigenvalue weighted by Gasteiger charge is -2.12. The van der Waals surface area contributed by atoms with Crippen molar-refractivity contribution >= 4 is 21.6 Å². The SMILES string of the molecule is Cc1ccc(NS(=O)(=O)NCC(C)C)c(N)c1. The summed E-state index contributed by atoms with van der Waals surface area (Å²) < 4.78 is 28.2. The first-order chi connectivity index (χ1) is 7.80. The smallest absolute Gasteiger partial charge is 0.299 e. The first-order valence-corrected chi connectivity index (χ1v) is 6.92. The summed E-state index contributed by atoms with van der Waals surface area (Å²) in [6.07, 6.45) is 0. The van der Waals surface area contributed by atoms with Gasteiger partial charge in [-0.1, -0.05) is 19.9 Å². The highest BCUT2D eigenvalue weighted by molar-refractivity contribution is 7.90. The van der Waals surface area contributed by atoms with E-state index >= 15 is 0 Å². The highest BCUT2D eigenvalue weighted by atomic mass is 32.2. The lowest BCUT2D eigenvalue weighted by atomic mass is 10.2. The maximum absolute atomic E-state index is 11.7. The molecule has 0 bridgehead atoms. The quantitative estimate of drug-likeness (QED) is 0.698. The molecule has 0 aliphatic rings. The molecule has 6 heteroatoms. The van der Waals surface area contributed by atoms with Crippen LogP contribution in [0.4, 0.5) is 11.4 Å². The molecule has 0 spiro atoms. The summed E-state index contributed by atoms with van der Waals surface area (Å²) in [6.45, 7) is 6.15. The minimum absolute atomic E-state index is 0.252. The summed E-state index contributed by atoms with van der Waals surface area (Å²) in [6, 6.07) is 5.18. The molecule has 0 aliphatic carbocycles. The summed E-state index contributed by atoms with van der Waals surface area (Å²) in [5.74, 6) is 0.252. The molecule has 0 heterocycles. The Morgan fingerprint density at radius 3 is 2.53 bits per heavy atom. The molecule has 0 radical (unpaired) electrons. The molecule has 0 saturated carbocycles. The van der Waals surface area contributed by atoms with Crippen LogP contribution in [0.2, 0.25) is 0 Å². The molecule has 1 rings (SSSR count). The standard InChI is InChI=1S/C11H19N3O2S/c1-8(2)7-13-17(15,16)14-11-5-4-9(3)6-10(11)12/h4-6,8,13-14H,7,12H2,1-3H3. The van der Waals surface area contributed by atoms with E-state index < -0.39 is 10.2 Å². The van der Waals surface area contributed by atoms with Gasteiger partial charge in [-0.25, -0.2) is 0 Å². The minimum atomic E-state index is -3.55. The fraction of sp³-hybridized carbons (Fsp3) is 0.455. The number of rotatable bonds is 5. The fourth-order valence-corrected chi connectivity index (χ4v) is 2.33. The number of aryl methyl sites for hydroxylation is 1. The molecule has 0 saturated heterocycles. The molecule has 1 aromatic rings. The van der Waals surface area contributed by atoms with Crippen molar-refractivity contribution < 1.29 is 8.42 Å². The second-order valence-electron chi connectivity index (χ2n) is 4.44. The Kier molecular flexibility index (Phi) is 4.36. The van der Waals surface area contributed by atoms with E-state index in [1.165, 1.54) is 0 Å². The predicted octanol–water partition coefficient (Wildman–Crippen LogP) is 1.48. The van der Waals surface area contributed by atoms with Gasteiger partial charge in [-0.3, -0.25) is 4.72 Å². The Hall–Kier alpha value is -1.27. The van der Waals surface area contributed by atoms with Crippen LogP contribution in [0.15, 0.2) is 18.2 Å². The van der Waals surface area contributed by atoms with E-state index in [9.17, 15) is 8.42 Å². The van der Waals surface area contributed by atoms with Gasteiger partial charge in [0.1, 0.15) is 0 Å². The lowest BCUT2D eigenvalue weighted by Crippen LogP contribution is -2.33. The number of hydrogen-bond donors (Lipinski definition) is 3. The largest absolute Gasteiger partial charge is 0.397 e. The van der Waals surface area contributed by atoms with Gasteiger partial charge >= 0.3 is 0 Å². The summed E-state index contributed by atoms with van der Waals surface area (Å²) in [4.78, 5) is 0. The summed E-state index contributed by atoms with van der Waals surface area (Å²) >= 11 is 0. The zero-order valence-electron chi connectivity index (χ0n) is 10.3. The number of nitrogens with one attached hydrogen (secondary N) is 2. The molecule has 0 atom stereocenters. The van der Waals surface area contributed by atoms with Crippen LogP contribution < -0.4 is 15.2 Å². The van der Waals surface area contributed by atoms with Crippen LogP contribution in [-0.4, -0.2) is 15.0 Å². The number of anilines is 2. The van der Waals surface area contributed by atoms with Crippen LogP contribution in [-0.2, 0) is 10.2 Å². The number of benzene rings is 1. The average molecular weight is 257 g/mol. The van der Waals surface area contributed by atoms with Gasteiger partial charge in [0.15, 0.2) is 0 Å². The summed E-state index contributed by atoms with van der Waals surface area (Å²) in [5.41, 5.74) is 7.53. The molecule has 17 heavy (non-hydrogen) atoms. The molecule has 0 aromatic heterocycles. The van der Waals surface area contributed by atoms with Gasteiger partial charge in [0.2, 0.25) is 0 Å². The Bertz CT molecular complexity index is 483.